The summed E-state index contributed by atoms with van der Waals surface area (Å²) in [5, 5.41) is 23.4. The van der Waals surface area contributed by atoms with Crippen LogP contribution < -0.4 is 5.32 Å². The van der Waals surface area contributed by atoms with Crippen LogP contribution in [0.25, 0.3) is 0 Å². The fourth-order valence-electron chi connectivity index (χ4n) is 1.82. The molecule has 7 heteroatoms. The normalized spacial score (nSPS) is 12.1. The van der Waals surface area contributed by atoms with Crippen LogP contribution in [0.5, 0.6) is 0 Å². The Labute approximate surface area is 123 Å². The molecule has 21 heavy (non-hydrogen) atoms. The van der Waals surface area contributed by atoms with Crippen LogP contribution in [0.1, 0.15) is 24.2 Å². The van der Waals surface area contributed by atoms with Crippen LogP contribution >= 0.6 is 0 Å². The number of hydrogen-bond donors (Lipinski definition) is 2. The van der Waals surface area contributed by atoms with E-state index in [4.69, 9.17) is 0 Å². The van der Waals surface area contributed by atoms with Crippen LogP contribution in [0.3, 0.4) is 0 Å². The highest BCUT2D eigenvalue weighted by atomic mass is 16.6. The first kappa shape index (κ1) is 16.9. The highest BCUT2D eigenvalue weighted by molar-refractivity contribution is 5.95. The molecule has 0 aliphatic rings. The summed E-state index contributed by atoms with van der Waals surface area (Å²) in [5.41, 5.74) is 0.471. The fraction of sp³-hybridized carbons (Fsp3) is 0.500. The van der Waals surface area contributed by atoms with Gasteiger partial charge in [-0.2, -0.15) is 0 Å². The minimum Gasteiger partial charge on any atom is -0.394 e. The van der Waals surface area contributed by atoms with Gasteiger partial charge in [-0.3, -0.25) is 14.9 Å². The second kappa shape index (κ2) is 7.03. The Morgan fingerprint density at radius 3 is 2.48 bits per heavy atom. The number of rotatable bonds is 6. The lowest BCUT2D eigenvalue weighted by atomic mass is 10.0. The van der Waals surface area contributed by atoms with Crippen molar-refractivity contribution < 1.29 is 14.8 Å². The first-order valence-corrected chi connectivity index (χ1v) is 6.65. The second-order valence-corrected chi connectivity index (χ2v) is 5.37. The van der Waals surface area contributed by atoms with Crippen molar-refractivity contribution in [1.29, 1.82) is 0 Å². The van der Waals surface area contributed by atoms with Gasteiger partial charge in [0.2, 0.25) is 0 Å². The molecule has 1 aromatic carbocycles. The summed E-state index contributed by atoms with van der Waals surface area (Å²) in [6, 6.07) is 3.85. The van der Waals surface area contributed by atoms with E-state index in [1.54, 1.807) is 14.1 Å². The molecule has 0 heterocycles. The molecule has 0 saturated heterocycles. The summed E-state index contributed by atoms with van der Waals surface area (Å²) in [6.45, 7) is 3.64. The van der Waals surface area contributed by atoms with E-state index in [1.165, 1.54) is 23.1 Å². The van der Waals surface area contributed by atoms with Gasteiger partial charge in [-0.05, 0) is 18.1 Å². The Morgan fingerprint density at radius 2 is 2.05 bits per heavy atom. The molecule has 1 unspecified atom stereocenters. The highest BCUT2D eigenvalue weighted by Gasteiger charge is 2.21. The molecule has 0 aliphatic carbocycles. The van der Waals surface area contributed by atoms with Crippen LogP contribution in [0.15, 0.2) is 18.2 Å². The molecule has 116 valence electrons. The third-order valence-electron chi connectivity index (χ3n) is 3.19. The standard InChI is InChI=1S/C14H21N3O4/c1-9(2)12(8-18)15-11-7-10(14(19)16(3)4)5-6-13(11)17(20)21/h5-7,9,12,15,18H,8H2,1-4H3. The topological polar surface area (TPSA) is 95.7 Å². The van der Waals surface area contributed by atoms with E-state index >= 15 is 0 Å². The van der Waals surface area contributed by atoms with Crippen molar-refractivity contribution in [2.75, 3.05) is 26.0 Å². The van der Waals surface area contributed by atoms with Gasteiger partial charge < -0.3 is 15.3 Å². The molecule has 0 saturated carbocycles. The van der Waals surface area contributed by atoms with Crippen molar-refractivity contribution in [2.45, 2.75) is 19.9 Å². The number of nitrogens with zero attached hydrogens (tertiary/aromatic N) is 2. The van der Waals surface area contributed by atoms with Gasteiger partial charge in [-0.15, -0.1) is 0 Å². The Kier molecular flexibility index (Phi) is 5.66. The summed E-state index contributed by atoms with van der Waals surface area (Å²) in [5.74, 6) is -0.152. The van der Waals surface area contributed by atoms with Crippen molar-refractivity contribution in [1.82, 2.24) is 4.90 Å². The SMILES string of the molecule is CC(C)C(CO)Nc1cc(C(=O)N(C)C)ccc1[N+](=O)[O-]. The molecule has 0 aliphatic heterocycles. The minimum atomic E-state index is -0.513. The summed E-state index contributed by atoms with van der Waals surface area (Å²) >= 11 is 0. The lowest BCUT2D eigenvalue weighted by molar-refractivity contribution is -0.384. The number of anilines is 1. The fourth-order valence-corrected chi connectivity index (χ4v) is 1.82. The smallest absolute Gasteiger partial charge is 0.292 e. The molecule has 1 amide bonds. The maximum Gasteiger partial charge on any atom is 0.292 e. The van der Waals surface area contributed by atoms with E-state index in [0.29, 0.717) is 5.56 Å². The van der Waals surface area contributed by atoms with E-state index in [0.717, 1.165) is 0 Å². The molecule has 0 aromatic heterocycles. The zero-order valence-corrected chi connectivity index (χ0v) is 12.7. The van der Waals surface area contributed by atoms with Crippen LogP contribution in [-0.4, -0.2) is 47.6 Å². The van der Waals surface area contributed by atoms with Crippen molar-refractivity contribution in [3.8, 4) is 0 Å². The van der Waals surface area contributed by atoms with Crippen LogP contribution in [0, 0.1) is 16.0 Å². The number of nitro benzene ring substituents is 1. The molecular weight excluding hydrogens is 274 g/mol. The molecular formula is C14H21N3O4. The predicted octanol–water partition coefficient (Wildman–Crippen LogP) is 1.73. The number of nitro groups is 1. The van der Waals surface area contributed by atoms with Gasteiger partial charge in [-0.1, -0.05) is 13.8 Å². The maximum atomic E-state index is 11.9. The highest BCUT2D eigenvalue weighted by Crippen LogP contribution is 2.27. The lowest BCUT2D eigenvalue weighted by Gasteiger charge is -2.21. The molecule has 1 aromatic rings. The van der Waals surface area contributed by atoms with Crippen LogP contribution in [0.4, 0.5) is 11.4 Å². The van der Waals surface area contributed by atoms with E-state index in [1.807, 2.05) is 13.8 Å². The van der Waals surface area contributed by atoms with Crippen molar-refractivity contribution in [3.63, 3.8) is 0 Å². The van der Waals surface area contributed by atoms with Gasteiger partial charge in [0.1, 0.15) is 5.69 Å². The van der Waals surface area contributed by atoms with Gasteiger partial charge >= 0.3 is 0 Å². The Morgan fingerprint density at radius 1 is 1.43 bits per heavy atom. The first-order chi connectivity index (χ1) is 9.77. The third kappa shape index (κ3) is 4.16. The number of carbonyl (C=O) groups excluding carboxylic acids is 1. The zero-order valence-electron chi connectivity index (χ0n) is 12.7. The zero-order chi connectivity index (χ0) is 16.2. The van der Waals surface area contributed by atoms with Crippen molar-refractivity contribution in [2.24, 2.45) is 5.92 Å². The quantitative estimate of drug-likeness (QED) is 0.615. The van der Waals surface area contributed by atoms with Crippen molar-refractivity contribution >= 4 is 17.3 Å². The number of amides is 1. The molecule has 0 radical (unpaired) electrons. The Balaban J connectivity index is 3.21. The molecule has 0 bridgehead atoms. The summed E-state index contributed by atoms with van der Waals surface area (Å²) < 4.78 is 0. The van der Waals surface area contributed by atoms with Crippen LogP contribution in [-0.2, 0) is 0 Å². The molecule has 0 spiro atoms. The van der Waals surface area contributed by atoms with Gasteiger partial charge in [0.05, 0.1) is 17.6 Å². The molecule has 0 fully saturated rings. The van der Waals surface area contributed by atoms with Gasteiger partial charge in [-0.25, -0.2) is 0 Å². The number of hydrogen-bond acceptors (Lipinski definition) is 5. The number of nitrogens with one attached hydrogen (secondary N) is 1. The van der Waals surface area contributed by atoms with Crippen LogP contribution in [0.2, 0.25) is 0 Å². The predicted molar refractivity (Wildman–Crippen MR) is 80.4 cm³/mol. The average molecular weight is 295 g/mol. The van der Waals surface area contributed by atoms with E-state index in [9.17, 15) is 20.0 Å². The molecule has 1 rings (SSSR count). The van der Waals surface area contributed by atoms with Gasteiger partial charge in [0.25, 0.3) is 11.6 Å². The Bertz CT molecular complexity index is 529. The Hall–Kier alpha value is -2.15. The summed E-state index contributed by atoms with van der Waals surface area (Å²) in [7, 11) is 3.23. The number of aliphatic hydroxyl groups is 1. The average Bonchev–Trinajstić information content (AvgIpc) is 2.42. The second-order valence-electron chi connectivity index (χ2n) is 5.37. The van der Waals surface area contributed by atoms with Gasteiger partial charge in [0.15, 0.2) is 0 Å². The number of carbonyl (C=O) groups is 1. The maximum absolute atomic E-state index is 11.9. The molecule has 1 atom stereocenters. The van der Waals surface area contributed by atoms with E-state index < -0.39 is 4.92 Å². The van der Waals surface area contributed by atoms with Gasteiger partial charge in [0, 0.05) is 25.7 Å². The number of benzene rings is 1. The van der Waals surface area contributed by atoms with E-state index in [-0.39, 0.29) is 35.8 Å². The molecule has 7 nitrogen and oxygen atoms in total. The summed E-state index contributed by atoms with van der Waals surface area (Å²) in [6.07, 6.45) is 0. The minimum absolute atomic E-state index is 0.0859. The lowest BCUT2D eigenvalue weighted by Crippen LogP contribution is -2.30. The third-order valence-corrected chi connectivity index (χ3v) is 3.19. The molecule has 2 N–H and O–H groups in total. The summed E-state index contributed by atoms with van der Waals surface area (Å²) in [4.78, 5) is 23.9. The number of aliphatic hydroxyl groups excluding tert-OH is 1. The first-order valence-electron chi connectivity index (χ1n) is 6.65. The van der Waals surface area contributed by atoms with Crippen molar-refractivity contribution in [3.05, 3.63) is 33.9 Å². The van der Waals surface area contributed by atoms with E-state index in [2.05, 4.69) is 5.32 Å². The largest absolute Gasteiger partial charge is 0.394 e. The monoisotopic (exact) mass is 295 g/mol.